The van der Waals surface area contributed by atoms with E-state index >= 15 is 0 Å². The zero-order valence-corrected chi connectivity index (χ0v) is 13.6. The lowest BCUT2D eigenvalue weighted by Crippen LogP contribution is -2.33. The van der Waals surface area contributed by atoms with E-state index in [2.05, 4.69) is 42.3 Å². The SMILES string of the molecule is C=C.CCO.c1ccc2c(c1)CCC[C@H](N1CCCC1)C2. The molecular formula is C19H31NO. The Morgan fingerprint density at radius 2 is 1.67 bits per heavy atom. The molecule has 1 saturated heterocycles. The molecule has 0 radical (unpaired) electrons. The van der Waals surface area contributed by atoms with Crippen LogP contribution >= 0.6 is 0 Å². The first kappa shape index (κ1) is 17.9. The third-order valence-electron chi connectivity index (χ3n) is 4.21. The number of likely N-dealkylation sites (tertiary alicyclic amines) is 1. The normalized spacial score (nSPS) is 21.1. The van der Waals surface area contributed by atoms with Crippen molar-refractivity contribution in [2.45, 2.75) is 51.5 Å². The highest BCUT2D eigenvalue weighted by molar-refractivity contribution is 5.29. The number of nitrogens with zero attached hydrogens (tertiary/aromatic N) is 1. The van der Waals surface area contributed by atoms with Gasteiger partial charge in [-0.1, -0.05) is 24.3 Å². The molecule has 0 unspecified atom stereocenters. The van der Waals surface area contributed by atoms with Crippen LogP contribution in [-0.4, -0.2) is 35.7 Å². The highest BCUT2D eigenvalue weighted by Gasteiger charge is 2.24. The average Bonchev–Trinajstić information content (AvgIpc) is 2.97. The second-order valence-electron chi connectivity index (χ2n) is 5.58. The molecule has 0 bridgehead atoms. The van der Waals surface area contributed by atoms with Crippen LogP contribution in [-0.2, 0) is 12.8 Å². The minimum absolute atomic E-state index is 0.250. The van der Waals surface area contributed by atoms with E-state index in [9.17, 15) is 0 Å². The number of hydrogen-bond acceptors (Lipinski definition) is 2. The number of aliphatic hydroxyl groups excluding tert-OH is 1. The van der Waals surface area contributed by atoms with E-state index in [4.69, 9.17) is 5.11 Å². The molecule has 1 aromatic rings. The van der Waals surface area contributed by atoms with Gasteiger partial charge in [-0.25, -0.2) is 0 Å². The van der Waals surface area contributed by atoms with Crippen molar-refractivity contribution in [3.8, 4) is 0 Å². The number of aliphatic hydroxyl groups is 1. The van der Waals surface area contributed by atoms with Crippen molar-refractivity contribution in [2.75, 3.05) is 19.7 Å². The first-order chi connectivity index (χ1) is 10.3. The Balaban J connectivity index is 0.000000395. The Hall–Kier alpha value is -1.12. The van der Waals surface area contributed by atoms with Gasteiger partial charge in [-0.15, -0.1) is 13.2 Å². The maximum absolute atomic E-state index is 7.57. The Morgan fingerprint density at radius 1 is 1.10 bits per heavy atom. The van der Waals surface area contributed by atoms with Crippen LogP contribution in [0, 0.1) is 0 Å². The molecule has 1 aliphatic carbocycles. The molecule has 0 aromatic heterocycles. The summed E-state index contributed by atoms with van der Waals surface area (Å²) < 4.78 is 0. The molecule has 1 aliphatic heterocycles. The van der Waals surface area contributed by atoms with E-state index in [0.717, 1.165) is 6.04 Å². The summed E-state index contributed by atoms with van der Waals surface area (Å²) in [7, 11) is 0. The summed E-state index contributed by atoms with van der Waals surface area (Å²) in [4.78, 5) is 2.72. The van der Waals surface area contributed by atoms with Crippen molar-refractivity contribution >= 4 is 0 Å². The van der Waals surface area contributed by atoms with Gasteiger partial charge in [0.1, 0.15) is 0 Å². The fourth-order valence-electron chi connectivity index (χ4n) is 3.30. The van der Waals surface area contributed by atoms with Crippen LogP contribution in [0.2, 0.25) is 0 Å². The molecule has 0 saturated carbocycles. The van der Waals surface area contributed by atoms with Gasteiger partial charge >= 0.3 is 0 Å². The van der Waals surface area contributed by atoms with E-state index < -0.39 is 0 Å². The van der Waals surface area contributed by atoms with Crippen LogP contribution in [0.4, 0.5) is 0 Å². The number of aryl methyl sites for hydroxylation is 1. The molecule has 1 N–H and O–H groups in total. The molecule has 1 aromatic carbocycles. The number of hydrogen-bond donors (Lipinski definition) is 1. The third-order valence-corrected chi connectivity index (χ3v) is 4.21. The van der Waals surface area contributed by atoms with Gasteiger partial charge in [-0.05, 0) is 69.7 Å². The second kappa shape index (κ2) is 10.6. The number of benzene rings is 1. The quantitative estimate of drug-likeness (QED) is 0.627. The van der Waals surface area contributed by atoms with Crippen LogP contribution in [0.5, 0.6) is 0 Å². The third kappa shape index (κ3) is 5.64. The maximum atomic E-state index is 7.57. The molecule has 2 nitrogen and oxygen atoms in total. The monoisotopic (exact) mass is 289 g/mol. The smallest absolute Gasteiger partial charge is 0.0402 e. The van der Waals surface area contributed by atoms with Crippen molar-refractivity contribution in [2.24, 2.45) is 0 Å². The van der Waals surface area contributed by atoms with Gasteiger partial charge in [0.05, 0.1) is 0 Å². The first-order valence-electron chi connectivity index (χ1n) is 8.26. The van der Waals surface area contributed by atoms with E-state index in [1.807, 2.05) is 0 Å². The van der Waals surface area contributed by atoms with Gasteiger partial charge < -0.3 is 10.0 Å². The molecule has 0 spiro atoms. The van der Waals surface area contributed by atoms with Crippen molar-refractivity contribution in [1.82, 2.24) is 4.90 Å². The molecule has 0 amide bonds. The van der Waals surface area contributed by atoms with E-state index in [1.54, 1.807) is 18.1 Å². The van der Waals surface area contributed by atoms with Crippen molar-refractivity contribution < 1.29 is 5.11 Å². The molecule has 2 aliphatic rings. The Labute approximate surface area is 130 Å². The summed E-state index contributed by atoms with van der Waals surface area (Å²) in [5.41, 5.74) is 3.21. The Morgan fingerprint density at radius 3 is 2.29 bits per heavy atom. The fraction of sp³-hybridized carbons (Fsp3) is 0.579. The van der Waals surface area contributed by atoms with Crippen molar-refractivity contribution in [3.63, 3.8) is 0 Å². The van der Waals surface area contributed by atoms with Gasteiger partial charge in [0.15, 0.2) is 0 Å². The summed E-state index contributed by atoms with van der Waals surface area (Å²) in [6.07, 6.45) is 8.18. The molecule has 118 valence electrons. The minimum atomic E-state index is 0.250. The standard InChI is InChI=1S/C15H21N.C2H6O.C2H4/c1-2-7-14-12-15(16-10-3-4-11-16)9-5-8-13(14)6-1;1-2-3;1-2/h1-2,6-7,15H,3-5,8-12H2;3H,2H2,1H3;1-2H2/t15-;;/m0../s1. The predicted octanol–water partition coefficient (Wildman–Crippen LogP) is 3.83. The van der Waals surface area contributed by atoms with E-state index in [-0.39, 0.29) is 6.61 Å². The van der Waals surface area contributed by atoms with Crippen LogP contribution in [0.25, 0.3) is 0 Å². The topological polar surface area (TPSA) is 23.5 Å². The minimum Gasteiger partial charge on any atom is -0.397 e. The molecule has 21 heavy (non-hydrogen) atoms. The second-order valence-corrected chi connectivity index (χ2v) is 5.58. The van der Waals surface area contributed by atoms with Gasteiger partial charge in [-0.3, -0.25) is 0 Å². The van der Waals surface area contributed by atoms with Gasteiger partial charge in [-0.2, -0.15) is 0 Å². The zero-order chi connectivity index (χ0) is 15.5. The zero-order valence-electron chi connectivity index (χ0n) is 13.6. The molecule has 1 fully saturated rings. The number of fused-ring (bicyclic) bond motifs is 1. The largest absolute Gasteiger partial charge is 0.397 e. The summed E-state index contributed by atoms with van der Waals surface area (Å²) in [6.45, 7) is 10.6. The fourth-order valence-corrected chi connectivity index (χ4v) is 3.30. The molecule has 1 heterocycles. The summed E-state index contributed by atoms with van der Waals surface area (Å²) in [5, 5.41) is 7.57. The molecule has 1 atom stereocenters. The highest BCUT2D eigenvalue weighted by atomic mass is 16.2. The lowest BCUT2D eigenvalue weighted by molar-refractivity contribution is 0.229. The molecular weight excluding hydrogens is 258 g/mol. The summed E-state index contributed by atoms with van der Waals surface area (Å²) >= 11 is 0. The van der Waals surface area contributed by atoms with Crippen molar-refractivity contribution in [3.05, 3.63) is 48.6 Å². The maximum Gasteiger partial charge on any atom is 0.0402 e. The van der Waals surface area contributed by atoms with Crippen LogP contribution in [0.15, 0.2) is 37.4 Å². The lowest BCUT2D eigenvalue weighted by atomic mass is 10.0. The average molecular weight is 289 g/mol. The van der Waals surface area contributed by atoms with Crippen LogP contribution < -0.4 is 0 Å². The highest BCUT2D eigenvalue weighted by Crippen LogP contribution is 2.25. The van der Waals surface area contributed by atoms with Crippen molar-refractivity contribution in [1.29, 1.82) is 0 Å². The first-order valence-corrected chi connectivity index (χ1v) is 8.26. The Bertz CT molecular complexity index is 385. The van der Waals surface area contributed by atoms with Gasteiger partial charge in [0.25, 0.3) is 0 Å². The van der Waals surface area contributed by atoms with Gasteiger partial charge in [0, 0.05) is 12.6 Å². The van der Waals surface area contributed by atoms with Crippen LogP contribution in [0.1, 0.15) is 43.7 Å². The predicted molar refractivity (Wildman–Crippen MR) is 91.7 cm³/mol. The molecule has 3 rings (SSSR count). The summed E-state index contributed by atoms with van der Waals surface area (Å²) in [5.74, 6) is 0. The van der Waals surface area contributed by atoms with Crippen LogP contribution in [0.3, 0.4) is 0 Å². The number of rotatable bonds is 1. The van der Waals surface area contributed by atoms with E-state index in [0.29, 0.717) is 0 Å². The Kier molecular flexibility index (Phi) is 9.04. The molecule has 2 heteroatoms. The summed E-state index contributed by atoms with van der Waals surface area (Å²) in [6, 6.07) is 9.87. The van der Waals surface area contributed by atoms with E-state index in [1.165, 1.54) is 51.6 Å². The van der Waals surface area contributed by atoms with Gasteiger partial charge in [0.2, 0.25) is 0 Å². The lowest BCUT2D eigenvalue weighted by Gasteiger charge is -2.26.